The van der Waals surface area contributed by atoms with Crippen LogP contribution in [-0.2, 0) is 4.79 Å². The van der Waals surface area contributed by atoms with Crippen molar-refractivity contribution in [2.75, 3.05) is 18.1 Å². The van der Waals surface area contributed by atoms with Gasteiger partial charge in [-0.05, 0) is 38.3 Å². The molecule has 2 aromatic rings. The molecule has 6 heteroatoms. The van der Waals surface area contributed by atoms with E-state index in [1.54, 1.807) is 0 Å². The summed E-state index contributed by atoms with van der Waals surface area (Å²) in [5.74, 6) is -0.0767. The highest BCUT2D eigenvalue weighted by molar-refractivity contribution is 7.22. The molecule has 23 heavy (non-hydrogen) atoms. The van der Waals surface area contributed by atoms with Crippen LogP contribution in [0.5, 0.6) is 0 Å². The number of anilines is 1. The molecule has 3 heterocycles. The van der Waals surface area contributed by atoms with E-state index in [1.807, 2.05) is 37.4 Å². The van der Waals surface area contributed by atoms with Crippen LogP contribution in [0.25, 0.3) is 10.2 Å². The number of hydrogen-bond acceptors (Lipinski definition) is 5. The number of fused-ring (bicyclic) bond motifs is 1. The molecule has 0 unspecified atom stereocenters. The maximum absolute atomic E-state index is 12.7. The molecule has 118 valence electrons. The van der Waals surface area contributed by atoms with Gasteiger partial charge < -0.3 is 4.90 Å². The monoisotopic (exact) mass is 326 g/mol. The van der Waals surface area contributed by atoms with Crippen molar-refractivity contribution >= 4 is 38.3 Å². The molecular formula is C17H18N4OS. The van der Waals surface area contributed by atoms with Crippen LogP contribution in [0, 0.1) is 0 Å². The summed E-state index contributed by atoms with van der Waals surface area (Å²) in [4.78, 5) is 19.5. The summed E-state index contributed by atoms with van der Waals surface area (Å²) in [5, 5.41) is 6.51. The van der Waals surface area contributed by atoms with Gasteiger partial charge in [0.2, 0.25) is 5.13 Å². The van der Waals surface area contributed by atoms with Crippen molar-refractivity contribution in [3.63, 3.8) is 0 Å². The molecule has 0 bridgehead atoms. The number of likely N-dealkylation sites (tertiary alicyclic amines) is 1. The average molecular weight is 326 g/mol. The second kappa shape index (κ2) is 5.77. The highest BCUT2D eigenvalue weighted by Crippen LogP contribution is 2.32. The molecule has 0 N–H and O–H groups in total. The normalized spacial score (nSPS) is 20.7. The molecule has 5 nitrogen and oxygen atoms in total. The minimum Gasteiger partial charge on any atom is -0.377 e. The summed E-state index contributed by atoms with van der Waals surface area (Å²) in [6.07, 6.45) is 5.64. The number of aromatic nitrogens is 1. The van der Waals surface area contributed by atoms with Gasteiger partial charge in [0.05, 0.1) is 21.5 Å². The number of piperidine rings is 1. The van der Waals surface area contributed by atoms with E-state index >= 15 is 0 Å². The molecular weight excluding hydrogens is 308 g/mol. The quantitative estimate of drug-likeness (QED) is 0.795. The number of thiazole rings is 1. The first-order valence-corrected chi connectivity index (χ1v) is 8.75. The number of rotatable bonds is 2. The number of carbonyl (C=O) groups is 1. The van der Waals surface area contributed by atoms with E-state index in [0.29, 0.717) is 10.7 Å². The maximum Gasteiger partial charge on any atom is 0.284 e. The topological polar surface area (TPSA) is 48.8 Å². The summed E-state index contributed by atoms with van der Waals surface area (Å²) in [5.41, 5.74) is 2.35. The van der Waals surface area contributed by atoms with Crippen LogP contribution in [0.1, 0.15) is 26.2 Å². The third-order valence-electron chi connectivity index (χ3n) is 4.23. The molecule has 1 amide bonds. The second-order valence-corrected chi connectivity index (χ2v) is 6.92. The summed E-state index contributed by atoms with van der Waals surface area (Å²) in [7, 11) is 0. The molecule has 0 aliphatic carbocycles. The van der Waals surface area contributed by atoms with E-state index in [2.05, 4.69) is 15.0 Å². The zero-order valence-electron chi connectivity index (χ0n) is 13.0. The van der Waals surface area contributed by atoms with E-state index < -0.39 is 0 Å². The van der Waals surface area contributed by atoms with E-state index in [-0.39, 0.29) is 5.91 Å². The van der Waals surface area contributed by atoms with Crippen LogP contribution in [0.4, 0.5) is 5.13 Å². The number of para-hydroxylation sites is 1. The first kappa shape index (κ1) is 14.4. The molecule has 1 aromatic heterocycles. The molecule has 0 atom stereocenters. The van der Waals surface area contributed by atoms with Crippen molar-refractivity contribution in [2.45, 2.75) is 26.2 Å². The van der Waals surface area contributed by atoms with E-state index in [1.165, 1.54) is 35.6 Å². The Morgan fingerprint density at radius 1 is 1.17 bits per heavy atom. The third kappa shape index (κ3) is 2.63. The van der Waals surface area contributed by atoms with Gasteiger partial charge in [0.25, 0.3) is 5.91 Å². The zero-order valence-corrected chi connectivity index (χ0v) is 13.8. The smallest absolute Gasteiger partial charge is 0.284 e. The second-order valence-electron chi connectivity index (χ2n) is 5.91. The molecule has 1 fully saturated rings. The molecule has 1 saturated heterocycles. The van der Waals surface area contributed by atoms with Gasteiger partial charge in [0, 0.05) is 19.3 Å². The Hall–Kier alpha value is -2.21. The first-order valence-electron chi connectivity index (χ1n) is 7.94. The van der Waals surface area contributed by atoms with Crippen molar-refractivity contribution in [3.05, 3.63) is 36.0 Å². The van der Waals surface area contributed by atoms with Crippen LogP contribution >= 0.6 is 11.3 Å². The average Bonchev–Trinajstić information content (AvgIpc) is 3.12. The minimum absolute atomic E-state index is 0.0767. The van der Waals surface area contributed by atoms with E-state index in [4.69, 9.17) is 0 Å². The Balaban J connectivity index is 1.64. The predicted octanol–water partition coefficient (Wildman–Crippen LogP) is 3.39. The summed E-state index contributed by atoms with van der Waals surface area (Å²) < 4.78 is 1.07. The number of amides is 1. The van der Waals surface area contributed by atoms with Crippen molar-refractivity contribution in [1.29, 1.82) is 0 Å². The number of benzene rings is 1. The maximum atomic E-state index is 12.7. The standard InChI is InChI=1S/C17H18N4OS/c1-12-13(11-20-9-5-2-6-10-20)16(22)21(19-12)17-18-14-7-3-4-8-15(14)23-17/h3-4,7-8,11H,2,5-6,9-10H2,1H3/b13-11+. The third-order valence-corrected chi connectivity index (χ3v) is 5.24. The number of nitrogens with zero attached hydrogens (tertiary/aromatic N) is 4. The van der Waals surface area contributed by atoms with Gasteiger partial charge in [-0.25, -0.2) is 4.98 Å². The van der Waals surface area contributed by atoms with Crippen LogP contribution < -0.4 is 5.01 Å². The van der Waals surface area contributed by atoms with Crippen molar-refractivity contribution in [1.82, 2.24) is 9.88 Å². The highest BCUT2D eigenvalue weighted by Gasteiger charge is 2.31. The fourth-order valence-corrected chi connectivity index (χ4v) is 3.89. The number of carbonyl (C=O) groups excluding carboxylic acids is 1. The summed E-state index contributed by atoms with van der Waals surface area (Å²) in [6, 6.07) is 7.90. The molecule has 4 rings (SSSR count). The van der Waals surface area contributed by atoms with Crippen LogP contribution in [0.15, 0.2) is 41.1 Å². The lowest BCUT2D eigenvalue weighted by Gasteiger charge is -2.25. The number of hydrogen-bond donors (Lipinski definition) is 0. The fourth-order valence-electron chi connectivity index (χ4n) is 2.98. The van der Waals surface area contributed by atoms with Gasteiger partial charge >= 0.3 is 0 Å². The lowest BCUT2D eigenvalue weighted by Crippen LogP contribution is -2.27. The van der Waals surface area contributed by atoms with Gasteiger partial charge in [-0.1, -0.05) is 23.5 Å². The largest absolute Gasteiger partial charge is 0.377 e. The Morgan fingerprint density at radius 3 is 2.74 bits per heavy atom. The van der Waals surface area contributed by atoms with Gasteiger partial charge in [0.1, 0.15) is 0 Å². The molecule has 0 radical (unpaired) electrons. The van der Waals surface area contributed by atoms with Crippen molar-refractivity contribution in [3.8, 4) is 0 Å². The Morgan fingerprint density at radius 2 is 1.96 bits per heavy atom. The minimum atomic E-state index is -0.0767. The lowest BCUT2D eigenvalue weighted by atomic mass is 10.1. The van der Waals surface area contributed by atoms with Gasteiger partial charge in [-0.3, -0.25) is 4.79 Å². The van der Waals surface area contributed by atoms with Gasteiger partial charge in [0.15, 0.2) is 0 Å². The summed E-state index contributed by atoms with van der Waals surface area (Å²) in [6.45, 7) is 3.93. The van der Waals surface area contributed by atoms with Crippen LogP contribution in [0.3, 0.4) is 0 Å². The van der Waals surface area contributed by atoms with Crippen LogP contribution in [-0.4, -0.2) is 34.6 Å². The molecule has 2 aliphatic heterocycles. The molecule has 2 aliphatic rings. The molecule has 0 saturated carbocycles. The SMILES string of the molecule is CC1=NN(c2nc3ccccc3s2)C(=O)/C1=C/N1CCCCC1. The molecule has 1 aromatic carbocycles. The van der Waals surface area contributed by atoms with E-state index in [0.717, 1.165) is 29.0 Å². The first-order chi connectivity index (χ1) is 11.2. The Bertz CT molecular complexity index is 784. The Labute approximate surface area is 138 Å². The number of hydrazone groups is 1. The fraction of sp³-hybridized carbons (Fsp3) is 0.353. The van der Waals surface area contributed by atoms with Gasteiger partial charge in [-0.15, -0.1) is 0 Å². The van der Waals surface area contributed by atoms with E-state index in [9.17, 15) is 4.79 Å². The highest BCUT2D eigenvalue weighted by atomic mass is 32.1. The molecule has 0 spiro atoms. The van der Waals surface area contributed by atoms with Gasteiger partial charge in [-0.2, -0.15) is 10.1 Å². The Kier molecular flexibility index (Phi) is 3.61. The van der Waals surface area contributed by atoms with Crippen molar-refractivity contribution in [2.24, 2.45) is 5.10 Å². The van der Waals surface area contributed by atoms with Crippen LogP contribution in [0.2, 0.25) is 0 Å². The lowest BCUT2D eigenvalue weighted by molar-refractivity contribution is -0.114. The zero-order chi connectivity index (χ0) is 15.8. The summed E-state index contributed by atoms with van der Waals surface area (Å²) >= 11 is 1.49. The van der Waals surface area contributed by atoms with Crippen molar-refractivity contribution < 1.29 is 4.79 Å². The predicted molar refractivity (Wildman–Crippen MR) is 93.7 cm³/mol.